The molecule has 0 heterocycles. The van der Waals surface area contributed by atoms with Crippen LogP contribution in [0.2, 0.25) is 10.0 Å². The van der Waals surface area contributed by atoms with Crippen molar-refractivity contribution in [2.75, 3.05) is 13.7 Å². The van der Waals surface area contributed by atoms with Crippen LogP contribution in [0.4, 0.5) is 22.0 Å². The molecule has 0 spiro atoms. The fourth-order valence-corrected chi connectivity index (χ4v) is 5.47. The average Bonchev–Trinajstić information content (AvgIpc) is 3.03. The SMILES string of the molecule is COc1ccc(C(CC(=O)N[C@@H](Cc2ccccc2)C(=O)N[C@H](C(=O)C(F)(F)C(=O)NCC(F)(F)F)C(C)C)c2cc(Cl)cc(Cl)c2)cc1. The highest BCUT2D eigenvalue weighted by Crippen LogP contribution is 2.33. The van der Waals surface area contributed by atoms with E-state index in [2.05, 4.69) is 10.6 Å². The Kier molecular flexibility index (Phi) is 13.5. The minimum absolute atomic E-state index is 0.129. The van der Waals surface area contributed by atoms with Crippen molar-refractivity contribution in [1.82, 2.24) is 16.0 Å². The van der Waals surface area contributed by atoms with E-state index in [1.807, 2.05) is 0 Å². The highest BCUT2D eigenvalue weighted by atomic mass is 35.5. The molecule has 3 N–H and O–H groups in total. The Bertz CT molecular complexity index is 1600. The van der Waals surface area contributed by atoms with Crippen molar-refractivity contribution in [2.24, 2.45) is 5.92 Å². The number of ketones is 1. The van der Waals surface area contributed by atoms with Crippen molar-refractivity contribution in [1.29, 1.82) is 0 Å². The number of ether oxygens (including phenoxy) is 1. The van der Waals surface area contributed by atoms with Gasteiger partial charge in [0, 0.05) is 28.8 Å². The molecule has 15 heteroatoms. The highest BCUT2D eigenvalue weighted by molar-refractivity contribution is 6.34. The van der Waals surface area contributed by atoms with Crippen LogP contribution < -0.4 is 20.7 Å². The Labute approximate surface area is 289 Å². The number of methoxy groups -OCH3 is 1. The topological polar surface area (TPSA) is 114 Å². The van der Waals surface area contributed by atoms with E-state index >= 15 is 0 Å². The molecule has 49 heavy (non-hydrogen) atoms. The molecule has 0 bridgehead atoms. The van der Waals surface area contributed by atoms with Crippen LogP contribution >= 0.6 is 23.2 Å². The van der Waals surface area contributed by atoms with E-state index in [9.17, 15) is 41.1 Å². The number of halogens is 7. The smallest absolute Gasteiger partial charge is 0.405 e. The van der Waals surface area contributed by atoms with Gasteiger partial charge >= 0.3 is 12.1 Å². The van der Waals surface area contributed by atoms with Gasteiger partial charge in [-0.3, -0.25) is 19.2 Å². The summed E-state index contributed by atoms with van der Waals surface area (Å²) in [6, 6.07) is 16.6. The van der Waals surface area contributed by atoms with Crippen LogP contribution in [0.25, 0.3) is 0 Å². The van der Waals surface area contributed by atoms with Crippen molar-refractivity contribution in [3.63, 3.8) is 0 Å². The normalized spacial score (nSPS) is 13.6. The van der Waals surface area contributed by atoms with Gasteiger partial charge in [0.05, 0.1) is 13.2 Å². The summed E-state index contributed by atoms with van der Waals surface area (Å²) < 4.78 is 72.4. The number of Topliss-reactive ketones (excluding diaryl/α,β-unsaturated/α-hetero) is 1. The van der Waals surface area contributed by atoms with Gasteiger partial charge in [-0.15, -0.1) is 0 Å². The van der Waals surface area contributed by atoms with Crippen LogP contribution in [0.1, 0.15) is 42.9 Å². The summed E-state index contributed by atoms with van der Waals surface area (Å²) in [4.78, 5) is 52.0. The third-order valence-electron chi connectivity index (χ3n) is 7.42. The number of rotatable bonds is 15. The monoisotopic (exact) mass is 729 g/mol. The summed E-state index contributed by atoms with van der Waals surface area (Å²) in [5.41, 5.74) is 1.83. The maximum absolute atomic E-state index is 14.8. The lowest BCUT2D eigenvalue weighted by molar-refractivity contribution is -0.165. The van der Waals surface area contributed by atoms with Gasteiger partial charge in [-0.1, -0.05) is 79.5 Å². The quantitative estimate of drug-likeness (QED) is 0.126. The summed E-state index contributed by atoms with van der Waals surface area (Å²) >= 11 is 12.5. The van der Waals surface area contributed by atoms with Gasteiger partial charge in [0.2, 0.25) is 17.6 Å². The molecule has 0 aliphatic carbocycles. The lowest BCUT2D eigenvalue weighted by Gasteiger charge is -2.28. The van der Waals surface area contributed by atoms with E-state index in [1.165, 1.54) is 27.0 Å². The number of nitrogens with one attached hydrogen (secondary N) is 3. The predicted molar refractivity (Wildman–Crippen MR) is 174 cm³/mol. The van der Waals surface area contributed by atoms with Crippen LogP contribution in [0.3, 0.4) is 0 Å². The second-order valence-electron chi connectivity index (χ2n) is 11.5. The lowest BCUT2D eigenvalue weighted by Crippen LogP contribution is -2.59. The molecule has 0 radical (unpaired) electrons. The van der Waals surface area contributed by atoms with Crippen LogP contribution in [-0.4, -0.2) is 61.3 Å². The molecule has 3 aromatic rings. The Morgan fingerprint density at radius 3 is 1.94 bits per heavy atom. The zero-order valence-corrected chi connectivity index (χ0v) is 28.1. The molecule has 0 saturated heterocycles. The molecule has 3 aromatic carbocycles. The average molecular weight is 731 g/mol. The molecule has 0 aliphatic rings. The lowest BCUT2D eigenvalue weighted by atomic mass is 9.88. The molecular formula is C34H34Cl2F5N3O5. The predicted octanol–water partition coefficient (Wildman–Crippen LogP) is 6.28. The minimum atomic E-state index is -5.01. The third kappa shape index (κ3) is 11.4. The Hall–Kier alpha value is -4.23. The number of hydrogen-bond acceptors (Lipinski definition) is 5. The number of hydrogen-bond donors (Lipinski definition) is 3. The second-order valence-corrected chi connectivity index (χ2v) is 12.4. The molecular weight excluding hydrogens is 696 g/mol. The van der Waals surface area contributed by atoms with Gasteiger partial charge in [-0.2, -0.15) is 22.0 Å². The Balaban J connectivity index is 1.90. The van der Waals surface area contributed by atoms with Crippen LogP contribution in [0.5, 0.6) is 5.75 Å². The summed E-state index contributed by atoms with van der Waals surface area (Å²) in [5, 5.41) is 6.44. The molecule has 0 saturated carbocycles. The summed E-state index contributed by atoms with van der Waals surface area (Å²) in [6.45, 7) is 0.511. The number of alkyl halides is 5. The number of carbonyl (C=O) groups excluding carboxylic acids is 4. The van der Waals surface area contributed by atoms with Gasteiger partial charge < -0.3 is 20.7 Å². The number of amides is 3. The van der Waals surface area contributed by atoms with Crippen LogP contribution in [0, 0.1) is 5.92 Å². The van der Waals surface area contributed by atoms with Crippen molar-refractivity contribution < 1.29 is 45.9 Å². The summed E-state index contributed by atoms with van der Waals surface area (Å²) in [7, 11) is 1.50. The van der Waals surface area contributed by atoms with E-state index in [0.717, 1.165) is 5.32 Å². The van der Waals surface area contributed by atoms with Gasteiger partial charge in [-0.05, 0) is 52.9 Å². The molecule has 1 unspecified atom stereocenters. The van der Waals surface area contributed by atoms with Crippen LogP contribution in [0.15, 0.2) is 72.8 Å². The highest BCUT2D eigenvalue weighted by Gasteiger charge is 2.52. The van der Waals surface area contributed by atoms with Crippen LogP contribution in [-0.2, 0) is 25.6 Å². The van der Waals surface area contributed by atoms with E-state index in [4.69, 9.17) is 27.9 Å². The maximum atomic E-state index is 14.8. The fraction of sp³-hybridized carbons (Fsp3) is 0.353. The van der Waals surface area contributed by atoms with E-state index in [0.29, 0.717) is 32.5 Å². The molecule has 3 atom stereocenters. The standard InChI is InChI=1S/C34H34Cl2F5N3O5/c1-19(2)29(30(46)34(40,41)32(48)42-18-33(37,38)39)44-31(47)27(13-20-7-5-4-6-8-20)43-28(45)17-26(21-9-11-25(49-3)12-10-21)22-14-23(35)16-24(36)15-22/h4-12,14-16,19,26-27,29H,13,17-18H2,1-3H3,(H,42,48)(H,43,45)(H,44,47)/t26?,27-,29-/m0/s1. The van der Waals surface area contributed by atoms with Crippen molar-refractivity contribution >= 4 is 46.7 Å². The molecule has 3 rings (SSSR count). The first-order valence-electron chi connectivity index (χ1n) is 14.9. The molecule has 0 aromatic heterocycles. The molecule has 0 aliphatic heterocycles. The summed E-state index contributed by atoms with van der Waals surface area (Å²) in [6.07, 6.45) is -5.36. The molecule has 8 nitrogen and oxygen atoms in total. The van der Waals surface area contributed by atoms with Gasteiger partial charge in [0.25, 0.3) is 5.91 Å². The Morgan fingerprint density at radius 1 is 0.816 bits per heavy atom. The molecule has 0 fully saturated rings. The molecule has 3 amide bonds. The van der Waals surface area contributed by atoms with Crippen molar-refractivity contribution in [3.8, 4) is 5.75 Å². The van der Waals surface area contributed by atoms with Crippen molar-refractivity contribution in [3.05, 3.63) is 99.5 Å². The first-order chi connectivity index (χ1) is 22.9. The third-order valence-corrected chi connectivity index (χ3v) is 7.86. The van der Waals surface area contributed by atoms with Crippen molar-refractivity contribution in [2.45, 2.75) is 56.8 Å². The Morgan fingerprint density at radius 2 is 1.41 bits per heavy atom. The zero-order valence-electron chi connectivity index (χ0n) is 26.5. The zero-order chi connectivity index (χ0) is 36.5. The minimum Gasteiger partial charge on any atom is -0.497 e. The number of benzene rings is 3. The van der Waals surface area contributed by atoms with Gasteiger partial charge in [0.15, 0.2) is 0 Å². The first-order valence-corrected chi connectivity index (χ1v) is 15.7. The maximum Gasteiger partial charge on any atom is 0.405 e. The van der Waals surface area contributed by atoms with E-state index < -0.39 is 66.1 Å². The second kappa shape index (κ2) is 16.9. The van der Waals surface area contributed by atoms with E-state index in [-0.39, 0.29) is 12.8 Å². The fourth-order valence-electron chi connectivity index (χ4n) is 4.93. The van der Waals surface area contributed by atoms with Gasteiger partial charge in [-0.25, -0.2) is 0 Å². The molecule has 264 valence electrons. The summed E-state index contributed by atoms with van der Waals surface area (Å²) in [5.74, 6) is -12.3. The van der Waals surface area contributed by atoms with E-state index in [1.54, 1.807) is 66.7 Å². The largest absolute Gasteiger partial charge is 0.497 e. The van der Waals surface area contributed by atoms with Gasteiger partial charge in [0.1, 0.15) is 18.3 Å². The first kappa shape index (κ1) is 39.2. The number of carbonyl (C=O) groups is 4.